The van der Waals surface area contributed by atoms with E-state index in [1.807, 2.05) is 0 Å². The van der Waals surface area contributed by atoms with Crippen LogP contribution in [0.25, 0.3) is 0 Å². The van der Waals surface area contributed by atoms with Crippen LogP contribution < -0.4 is 0 Å². The Bertz CT molecular complexity index is 97.2. The highest BCUT2D eigenvalue weighted by atomic mass is 16.3. The number of hydrogen-bond donors (Lipinski definition) is 3. The molecule has 0 heterocycles. The van der Waals surface area contributed by atoms with Crippen molar-refractivity contribution in [1.29, 1.82) is 0 Å². The van der Waals surface area contributed by atoms with E-state index in [4.69, 9.17) is 15.3 Å². The van der Waals surface area contributed by atoms with E-state index in [1.165, 1.54) is 0 Å². The molecule has 3 N–H and O–H groups in total. The maximum absolute atomic E-state index is 8.95. The lowest BCUT2D eigenvalue weighted by Gasteiger charge is -2.32. The zero-order valence-corrected chi connectivity index (χ0v) is 7.32. The summed E-state index contributed by atoms with van der Waals surface area (Å²) in [6.07, 6.45) is 2.72. The van der Waals surface area contributed by atoms with Gasteiger partial charge in [-0.2, -0.15) is 0 Å². The van der Waals surface area contributed by atoms with Gasteiger partial charge in [-0.15, -0.1) is 0 Å². The Morgan fingerprint density at radius 1 is 0.667 bits per heavy atom. The van der Waals surface area contributed by atoms with E-state index < -0.39 is 0 Å². The standard InChI is InChI=1S/C9H18O3/c10-4-7-1-8(5-11)3-9(2-7)6-12/h7-12H,1-6H2. The zero-order valence-electron chi connectivity index (χ0n) is 7.32. The normalized spacial score (nSPS) is 36.8. The van der Waals surface area contributed by atoms with Gasteiger partial charge in [-0.25, -0.2) is 0 Å². The van der Waals surface area contributed by atoms with Crippen molar-refractivity contribution >= 4 is 0 Å². The molecule has 1 saturated carbocycles. The van der Waals surface area contributed by atoms with Gasteiger partial charge >= 0.3 is 0 Å². The second-order valence-electron chi connectivity index (χ2n) is 3.85. The van der Waals surface area contributed by atoms with Crippen molar-refractivity contribution in [2.45, 2.75) is 19.3 Å². The highest BCUT2D eigenvalue weighted by Crippen LogP contribution is 2.32. The molecule has 0 saturated heterocycles. The van der Waals surface area contributed by atoms with E-state index in [0.717, 1.165) is 19.3 Å². The van der Waals surface area contributed by atoms with Crippen LogP contribution in [0.5, 0.6) is 0 Å². The number of aliphatic hydroxyl groups excluding tert-OH is 3. The summed E-state index contributed by atoms with van der Waals surface area (Å²) < 4.78 is 0. The molecule has 0 aliphatic heterocycles. The van der Waals surface area contributed by atoms with Crippen molar-refractivity contribution in [3.05, 3.63) is 0 Å². The fraction of sp³-hybridized carbons (Fsp3) is 1.00. The molecule has 0 amide bonds. The van der Waals surface area contributed by atoms with Gasteiger partial charge in [0.25, 0.3) is 0 Å². The second-order valence-corrected chi connectivity index (χ2v) is 3.85. The van der Waals surface area contributed by atoms with Gasteiger partial charge in [-0.05, 0) is 37.0 Å². The smallest absolute Gasteiger partial charge is 0.0459 e. The van der Waals surface area contributed by atoms with Crippen LogP contribution in [-0.4, -0.2) is 35.1 Å². The summed E-state index contributed by atoms with van der Waals surface area (Å²) in [7, 11) is 0. The first kappa shape index (κ1) is 9.96. The van der Waals surface area contributed by atoms with E-state index in [0.29, 0.717) is 0 Å². The maximum atomic E-state index is 8.95. The highest BCUT2D eigenvalue weighted by molar-refractivity contribution is 4.77. The van der Waals surface area contributed by atoms with Crippen LogP contribution in [0.4, 0.5) is 0 Å². The Morgan fingerprint density at radius 2 is 0.917 bits per heavy atom. The minimum Gasteiger partial charge on any atom is -0.396 e. The molecule has 0 aromatic heterocycles. The SMILES string of the molecule is OCC1CC(CO)CC(CO)C1. The van der Waals surface area contributed by atoms with E-state index in [-0.39, 0.29) is 37.6 Å². The number of hydrogen-bond acceptors (Lipinski definition) is 3. The molecule has 3 nitrogen and oxygen atoms in total. The predicted octanol–water partition coefficient (Wildman–Crippen LogP) is -0.00420. The molecule has 0 spiro atoms. The fourth-order valence-corrected chi connectivity index (χ4v) is 2.15. The summed E-state index contributed by atoms with van der Waals surface area (Å²) in [4.78, 5) is 0. The fourth-order valence-electron chi connectivity index (χ4n) is 2.15. The summed E-state index contributed by atoms with van der Waals surface area (Å²) in [6, 6.07) is 0. The van der Waals surface area contributed by atoms with Crippen LogP contribution in [0.2, 0.25) is 0 Å². The van der Waals surface area contributed by atoms with Gasteiger partial charge in [0.15, 0.2) is 0 Å². The van der Waals surface area contributed by atoms with Crippen molar-refractivity contribution < 1.29 is 15.3 Å². The lowest BCUT2D eigenvalue weighted by molar-refractivity contribution is 0.0653. The molecule has 0 aromatic carbocycles. The molecule has 1 rings (SSSR count). The molecule has 72 valence electrons. The van der Waals surface area contributed by atoms with Gasteiger partial charge in [-0.3, -0.25) is 0 Å². The first-order chi connectivity index (χ1) is 5.80. The Kier molecular flexibility index (Phi) is 3.98. The van der Waals surface area contributed by atoms with Gasteiger partial charge in [0.2, 0.25) is 0 Å². The van der Waals surface area contributed by atoms with Crippen molar-refractivity contribution in [1.82, 2.24) is 0 Å². The third-order valence-corrected chi connectivity index (χ3v) is 2.77. The molecule has 0 aromatic rings. The van der Waals surface area contributed by atoms with Crippen molar-refractivity contribution in [2.24, 2.45) is 17.8 Å². The average molecular weight is 174 g/mol. The molecular weight excluding hydrogens is 156 g/mol. The first-order valence-electron chi connectivity index (χ1n) is 4.62. The predicted molar refractivity (Wildman–Crippen MR) is 45.6 cm³/mol. The van der Waals surface area contributed by atoms with Crippen LogP contribution >= 0.6 is 0 Å². The molecule has 0 unspecified atom stereocenters. The summed E-state index contributed by atoms with van der Waals surface area (Å²) in [6.45, 7) is 0.563. The second kappa shape index (κ2) is 4.80. The summed E-state index contributed by atoms with van der Waals surface area (Å²) >= 11 is 0. The van der Waals surface area contributed by atoms with Crippen molar-refractivity contribution in [3.8, 4) is 0 Å². The van der Waals surface area contributed by atoms with Gasteiger partial charge in [-0.1, -0.05) is 0 Å². The topological polar surface area (TPSA) is 60.7 Å². The Hall–Kier alpha value is -0.120. The minimum absolute atomic E-state index is 0.188. The van der Waals surface area contributed by atoms with Gasteiger partial charge in [0, 0.05) is 19.8 Å². The molecule has 1 fully saturated rings. The van der Waals surface area contributed by atoms with Crippen LogP contribution in [0.1, 0.15) is 19.3 Å². The Morgan fingerprint density at radius 3 is 1.08 bits per heavy atom. The van der Waals surface area contributed by atoms with E-state index in [9.17, 15) is 0 Å². The molecular formula is C9H18O3. The Labute approximate surface area is 73.0 Å². The van der Waals surface area contributed by atoms with E-state index in [1.54, 1.807) is 0 Å². The van der Waals surface area contributed by atoms with Crippen molar-refractivity contribution in [3.63, 3.8) is 0 Å². The van der Waals surface area contributed by atoms with Crippen LogP contribution in [0, 0.1) is 17.8 Å². The molecule has 1 aliphatic carbocycles. The minimum atomic E-state index is 0.188. The highest BCUT2D eigenvalue weighted by Gasteiger charge is 2.27. The summed E-state index contributed by atoms with van der Waals surface area (Å²) in [5.74, 6) is 0.856. The molecule has 3 heteroatoms. The van der Waals surface area contributed by atoms with E-state index >= 15 is 0 Å². The Balaban J connectivity index is 2.41. The number of aliphatic hydroxyl groups is 3. The molecule has 1 aliphatic rings. The average Bonchev–Trinajstić information content (AvgIpc) is 2.16. The third kappa shape index (κ3) is 2.44. The van der Waals surface area contributed by atoms with E-state index in [2.05, 4.69) is 0 Å². The van der Waals surface area contributed by atoms with Crippen LogP contribution in [-0.2, 0) is 0 Å². The number of rotatable bonds is 3. The quantitative estimate of drug-likeness (QED) is 0.564. The molecule has 0 radical (unpaired) electrons. The summed E-state index contributed by atoms with van der Waals surface area (Å²) in [5.41, 5.74) is 0. The van der Waals surface area contributed by atoms with Gasteiger partial charge in [0.05, 0.1) is 0 Å². The largest absolute Gasteiger partial charge is 0.396 e. The third-order valence-electron chi connectivity index (χ3n) is 2.77. The zero-order chi connectivity index (χ0) is 8.97. The first-order valence-corrected chi connectivity index (χ1v) is 4.62. The van der Waals surface area contributed by atoms with Crippen LogP contribution in [0.3, 0.4) is 0 Å². The molecule has 12 heavy (non-hydrogen) atoms. The monoisotopic (exact) mass is 174 g/mol. The lowest BCUT2D eigenvalue weighted by Crippen LogP contribution is -2.28. The maximum Gasteiger partial charge on any atom is 0.0459 e. The molecule has 0 bridgehead atoms. The van der Waals surface area contributed by atoms with Gasteiger partial charge in [0.1, 0.15) is 0 Å². The van der Waals surface area contributed by atoms with Crippen LogP contribution in [0.15, 0.2) is 0 Å². The van der Waals surface area contributed by atoms with Gasteiger partial charge < -0.3 is 15.3 Å². The summed E-state index contributed by atoms with van der Waals surface area (Å²) in [5, 5.41) is 26.9. The van der Waals surface area contributed by atoms with Crippen molar-refractivity contribution in [2.75, 3.05) is 19.8 Å². The lowest BCUT2D eigenvalue weighted by atomic mass is 9.76. The molecule has 0 atom stereocenters.